The number of nitrogens with zero attached hydrogens (tertiary/aromatic N) is 3. The van der Waals surface area contributed by atoms with Crippen molar-refractivity contribution in [3.8, 4) is 23.0 Å². The zero-order valence-corrected chi connectivity index (χ0v) is 17.0. The van der Waals surface area contributed by atoms with Crippen LogP contribution in [-0.4, -0.2) is 21.1 Å². The molecule has 0 saturated carbocycles. The molecule has 0 bridgehead atoms. The van der Waals surface area contributed by atoms with Gasteiger partial charge in [-0.25, -0.2) is 9.67 Å². The predicted molar refractivity (Wildman–Crippen MR) is 114 cm³/mol. The van der Waals surface area contributed by atoms with Gasteiger partial charge in [-0.3, -0.25) is 0 Å². The Morgan fingerprint density at radius 2 is 1.90 bits per heavy atom. The standard InChI is InChI=1S/C20H13Cl2N3O3S/c21-15-6-4-13(8-16(15)22)24-20-25(17(11-29-20)19-2-1-7-28-19)23-10-12-3-5-14(26)9-18(12)27/h1-11,26-27H. The van der Waals surface area contributed by atoms with Crippen LogP contribution in [0.3, 0.4) is 0 Å². The lowest BCUT2D eigenvalue weighted by molar-refractivity contribution is 0.450. The van der Waals surface area contributed by atoms with Gasteiger partial charge in [0.1, 0.15) is 17.2 Å². The fourth-order valence-electron chi connectivity index (χ4n) is 2.51. The molecular formula is C20H13Cl2N3O3S. The number of phenolic OH excluding ortho intramolecular Hbond substituents is 2. The Hall–Kier alpha value is -3.00. The first-order chi connectivity index (χ1) is 14.0. The maximum absolute atomic E-state index is 10.0. The van der Waals surface area contributed by atoms with E-state index in [9.17, 15) is 10.2 Å². The van der Waals surface area contributed by atoms with Gasteiger partial charge in [-0.2, -0.15) is 5.10 Å². The Kier molecular flexibility index (Phi) is 5.44. The van der Waals surface area contributed by atoms with Crippen molar-refractivity contribution in [3.63, 3.8) is 0 Å². The topological polar surface area (TPSA) is 83.2 Å². The van der Waals surface area contributed by atoms with Crippen molar-refractivity contribution < 1.29 is 14.6 Å². The van der Waals surface area contributed by atoms with Crippen LogP contribution in [0.5, 0.6) is 11.5 Å². The van der Waals surface area contributed by atoms with Gasteiger partial charge in [-0.15, -0.1) is 11.3 Å². The molecule has 0 radical (unpaired) electrons. The zero-order valence-electron chi connectivity index (χ0n) is 14.7. The third kappa shape index (κ3) is 4.22. The molecule has 6 nitrogen and oxygen atoms in total. The van der Waals surface area contributed by atoms with E-state index < -0.39 is 0 Å². The van der Waals surface area contributed by atoms with Crippen LogP contribution in [0.1, 0.15) is 5.56 Å². The van der Waals surface area contributed by atoms with Crippen LogP contribution in [0.25, 0.3) is 11.5 Å². The maximum Gasteiger partial charge on any atom is 0.211 e. The first kappa shape index (κ1) is 19.3. The molecule has 0 amide bonds. The van der Waals surface area contributed by atoms with Crippen LogP contribution >= 0.6 is 34.5 Å². The van der Waals surface area contributed by atoms with Crippen LogP contribution in [-0.2, 0) is 0 Å². The van der Waals surface area contributed by atoms with Crippen LogP contribution < -0.4 is 4.80 Å². The Morgan fingerprint density at radius 3 is 2.62 bits per heavy atom. The molecule has 4 rings (SSSR count). The van der Waals surface area contributed by atoms with E-state index in [-0.39, 0.29) is 11.5 Å². The summed E-state index contributed by atoms with van der Waals surface area (Å²) in [5.41, 5.74) is 1.74. The van der Waals surface area contributed by atoms with Gasteiger partial charge in [-0.1, -0.05) is 23.2 Å². The maximum atomic E-state index is 10.0. The van der Waals surface area contributed by atoms with E-state index in [1.54, 1.807) is 41.3 Å². The highest BCUT2D eigenvalue weighted by Crippen LogP contribution is 2.27. The Bertz CT molecular complexity index is 1260. The molecule has 0 aliphatic carbocycles. The normalized spacial score (nSPS) is 12.1. The Morgan fingerprint density at radius 1 is 1.03 bits per heavy atom. The molecule has 2 aromatic heterocycles. The molecule has 0 unspecified atom stereocenters. The van der Waals surface area contributed by atoms with Crippen LogP contribution in [0.2, 0.25) is 10.0 Å². The molecule has 2 N–H and O–H groups in total. The molecule has 0 spiro atoms. The summed E-state index contributed by atoms with van der Waals surface area (Å²) in [5, 5.41) is 26.6. The van der Waals surface area contributed by atoms with Gasteiger partial charge in [0.2, 0.25) is 4.80 Å². The highest BCUT2D eigenvalue weighted by molar-refractivity contribution is 7.07. The monoisotopic (exact) mass is 445 g/mol. The van der Waals surface area contributed by atoms with Gasteiger partial charge >= 0.3 is 0 Å². The minimum absolute atomic E-state index is 0.0329. The van der Waals surface area contributed by atoms with Gasteiger partial charge in [-0.05, 0) is 42.5 Å². The molecular weight excluding hydrogens is 433 g/mol. The Balaban J connectivity index is 1.83. The number of thiazole rings is 1. The van der Waals surface area contributed by atoms with Gasteiger partial charge in [0.25, 0.3) is 0 Å². The van der Waals surface area contributed by atoms with Crippen molar-refractivity contribution in [2.75, 3.05) is 0 Å². The molecule has 2 heterocycles. The second kappa shape index (κ2) is 8.16. The van der Waals surface area contributed by atoms with Crippen molar-refractivity contribution >= 4 is 46.4 Å². The van der Waals surface area contributed by atoms with E-state index in [4.69, 9.17) is 27.6 Å². The third-order valence-corrected chi connectivity index (χ3v) is 5.47. The van der Waals surface area contributed by atoms with Gasteiger partial charge in [0, 0.05) is 17.0 Å². The summed E-state index contributed by atoms with van der Waals surface area (Å²) in [6.07, 6.45) is 3.05. The van der Waals surface area contributed by atoms with E-state index in [1.165, 1.54) is 29.7 Å². The smallest absolute Gasteiger partial charge is 0.211 e. The van der Waals surface area contributed by atoms with Crippen molar-refractivity contribution in [3.05, 3.63) is 80.6 Å². The zero-order chi connectivity index (χ0) is 20.4. The molecule has 29 heavy (non-hydrogen) atoms. The fourth-order valence-corrected chi connectivity index (χ4v) is 3.64. The largest absolute Gasteiger partial charge is 0.508 e. The predicted octanol–water partition coefficient (Wildman–Crippen LogP) is 5.64. The minimum atomic E-state index is -0.0906. The lowest BCUT2D eigenvalue weighted by Crippen LogP contribution is -2.11. The number of furan rings is 1. The average molecular weight is 446 g/mol. The second-order valence-corrected chi connectivity index (χ2v) is 7.54. The van der Waals surface area contributed by atoms with E-state index in [2.05, 4.69) is 10.1 Å². The van der Waals surface area contributed by atoms with E-state index >= 15 is 0 Å². The number of hydrogen-bond donors (Lipinski definition) is 2. The SMILES string of the molecule is Oc1ccc(C=Nn2c(-c3ccco3)csc2=Nc2ccc(Cl)c(Cl)c2)c(O)c1. The summed E-state index contributed by atoms with van der Waals surface area (Å²) in [7, 11) is 0. The summed E-state index contributed by atoms with van der Waals surface area (Å²) in [6.45, 7) is 0. The highest BCUT2D eigenvalue weighted by atomic mass is 35.5. The molecule has 4 aromatic rings. The summed E-state index contributed by atoms with van der Waals surface area (Å²) in [5.74, 6) is 0.491. The summed E-state index contributed by atoms with van der Waals surface area (Å²) >= 11 is 13.4. The summed E-state index contributed by atoms with van der Waals surface area (Å²) in [4.78, 5) is 5.16. The lowest BCUT2D eigenvalue weighted by atomic mass is 10.2. The number of phenols is 2. The van der Waals surface area contributed by atoms with E-state index in [0.717, 1.165) is 0 Å². The molecule has 0 aliphatic rings. The number of aromatic hydroxyl groups is 2. The quantitative estimate of drug-likeness (QED) is 0.398. The lowest BCUT2D eigenvalue weighted by Gasteiger charge is -2.02. The number of hydrogen-bond acceptors (Lipinski definition) is 6. The summed E-state index contributed by atoms with van der Waals surface area (Å²) < 4.78 is 7.09. The second-order valence-electron chi connectivity index (χ2n) is 5.89. The number of aromatic nitrogens is 1. The number of rotatable bonds is 4. The average Bonchev–Trinajstić information content (AvgIpc) is 3.34. The minimum Gasteiger partial charge on any atom is -0.508 e. The third-order valence-electron chi connectivity index (χ3n) is 3.91. The van der Waals surface area contributed by atoms with Crippen LogP contribution in [0.4, 0.5) is 5.69 Å². The number of benzene rings is 2. The Labute approximate surface area is 179 Å². The highest BCUT2D eigenvalue weighted by Gasteiger charge is 2.11. The van der Waals surface area contributed by atoms with Crippen LogP contribution in [0, 0.1) is 0 Å². The first-order valence-electron chi connectivity index (χ1n) is 8.32. The van der Waals surface area contributed by atoms with E-state index in [0.29, 0.717) is 37.6 Å². The molecule has 146 valence electrons. The summed E-state index contributed by atoms with van der Waals surface area (Å²) in [6, 6.07) is 12.9. The van der Waals surface area contributed by atoms with Crippen molar-refractivity contribution in [2.24, 2.45) is 10.1 Å². The fraction of sp³-hybridized carbons (Fsp3) is 0. The van der Waals surface area contributed by atoms with Crippen molar-refractivity contribution in [1.29, 1.82) is 0 Å². The van der Waals surface area contributed by atoms with Gasteiger partial charge in [0.15, 0.2) is 5.76 Å². The van der Waals surface area contributed by atoms with Gasteiger partial charge in [0.05, 0.1) is 28.2 Å². The van der Waals surface area contributed by atoms with Crippen molar-refractivity contribution in [1.82, 2.24) is 4.68 Å². The van der Waals surface area contributed by atoms with E-state index in [1.807, 2.05) is 11.4 Å². The molecule has 9 heteroatoms. The molecule has 0 aliphatic heterocycles. The molecule has 2 aromatic carbocycles. The molecule has 0 atom stereocenters. The van der Waals surface area contributed by atoms with Crippen LogP contribution in [0.15, 0.2) is 74.7 Å². The molecule has 0 fully saturated rings. The van der Waals surface area contributed by atoms with Gasteiger partial charge < -0.3 is 14.6 Å². The van der Waals surface area contributed by atoms with Crippen molar-refractivity contribution in [2.45, 2.75) is 0 Å². The first-order valence-corrected chi connectivity index (χ1v) is 9.95. The molecule has 0 saturated heterocycles. The number of halogens is 2.